The zero-order valence-corrected chi connectivity index (χ0v) is 11.2. The minimum Gasteiger partial charge on any atom is -0.350 e. The van der Waals surface area contributed by atoms with Crippen molar-refractivity contribution in [3.8, 4) is 11.3 Å². The van der Waals surface area contributed by atoms with E-state index in [0.717, 1.165) is 16.6 Å². The first-order valence-electron chi connectivity index (χ1n) is 6.47. The minimum atomic E-state index is -0.169. The molecule has 20 heavy (non-hydrogen) atoms. The Kier molecular flexibility index (Phi) is 1.95. The number of fused-ring (bicyclic) bond motifs is 4. The smallest absolute Gasteiger partial charge is 0.279 e. The van der Waals surface area contributed by atoms with Gasteiger partial charge in [-0.2, -0.15) is 0 Å². The summed E-state index contributed by atoms with van der Waals surface area (Å²) in [6.07, 6.45) is 1.69. The molecule has 0 saturated carbocycles. The maximum absolute atomic E-state index is 12.7. The molecule has 0 saturated heterocycles. The molecular formula is C16H12N2O2. The van der Waals surface area contributed by atoms with E-state index in [1.165, 1.54) is 4.57 Å². The summed E-state index contributed by atoms with van der Waals surface area (Å²) < 4.78 is 1.52. The molecule has 0 amide bonds. The number of benzene rings is 1. The first-order valence-corrected chi connectivity index (χ1v) is 6.47. The zero-order chi connectivity index (χ0) is 14.0. The molecule has 0 atom stereocenters. The predicted octanol–water partition coefficient (Wildman–Crippen LogP) is 2.62. The number of hydrogen-bond acceptors (Lipinski definition) is 2. The monoisotopic (exact) mass is 264 g/mol. The van der Waals surface area contributed by atoms with Gasteiger partial charge in [-0.1, -0.05) is 0 Å². The van der Waals surface area contributed by atoms with Crippen LogP contribution in [0, 0.1) is 13.8 Å². The maximum Gasteiger partial charge on any atom is 0.279 e. The van der Waals surface area contributed by atoms with E-state index >= 15 is 0 Å². The third-order valence-electron chi connectivity index (χ3n) is 4.05. The molecule has 0 fully saturated rings. The Morgan fingerprint density at radius 1 is 1.10 bits per heavy atom. The number of hydrogen-bond donors (Lipinski definition) is 1. The molecule has 3 heterocycles. The summed E-state index contributed by atoms with van der Waals surface area (Å²) in [5, 5.41) is 0.634. The average molecular weight is 264 g/mol. The summed E-state index contributed by atoms with van der Waals surface area (Å²) in [4.78, 5) is 28.1. The molecular weight excluding hydrogens is 252 g/mol. The summed E-state index contributed by atoms with van der Waals surface area (Å²) in [6.45, 7) is 3.97. The summed E-state index contributed by atoms with van der Waals surface area (Å²) in [6, 6.07) is 7.39. The third kappa shape index (κ3) is 1.20. The van der Waals surface area contributed by atoms with Crippen molar-refractivity contribution in [2.45, 2.75) is 13.8 Å². The van der Waals surface area contributed by atoms with Crippen molar-refractivity contribution >= 4 is 16.8 Å². The number of carbonyl (C=O) groups is 1. The van der Waals surface area contributed by atoms with Crippen molar-refractivity contribution in [3.05, 3.63) is 57.5 Å². The standard InChI is InChI=1S/C16H12N2O2/c1-8-6-10-11(7-9(8)2)17-14-13(15(10)19)12-4-3-5-18(12)16(14)20/h3-7H,1-2H3,(H,17,19). The van der Waals surface area contributed by atoms with Gasteiger partial charge in [-0.25, -0.2) is 0 Å². The fourth-order valence-corrected chi connectivity index (χ4v) is 2.84. The number of nitrogens with one attached hydrogen (secondary N) is 1. The Hall–Kier alpha value is -2.62. The number of nitrogens with zero attached hydrogens (tertiary/aromatic N) is 1. The molecule has 0 radical (unpaired) electrons. The summed E-state index contributed by atoms with van der Waals surface area (Å²) in [7, 11) is 0. The van der Waals surface area contributed by atoms with Crippen molar-refractivity contribution in [2.24, 2.45) is 0 Å². The van der Waals surface area contributed by atoms with Crippen molar-refractivity contribution < 1.29 is 4.79 Å². The van der Waals surface area contributed by atoms with Gasteiger partial charge in [0.05, 0.1) is 16.8 Å². The van der Waals surface area contributed by atoms with Gasteiger partial charge in [0.15, 0.2) is 5.43 Å². The predicted molar refractivity (Wildman–Crippen MR) is 77.2 cm³/mol. The molecule has 0 spiro atoms. The second kappa shape index (κ2) is 3.48. The Bertz CT molecular complexity index is 961. The zero-order valence-electron chi connectivity index (χ0n) is 11.2. The number of H-pyrrole nitrogens is 1. The average Bonchev–Trinajstić information content (AvgIpc) is 2.97. The number of pyridine rings is 1. The molecule has 1 aliphatic rings. The van der Waals surface area contributed by atoms with Gasteiger partial charge in [-0.3, -0.25) is 14.2 Å². The highest BCUT2D eigenvalue weighted by Crippen LogP contribution is 2.30. The van der Waals surface area contributed by atoms with E-state index in [2.05, 4.69) is 4.98 Å². The second-order valence-electron chi connectivity index (χ2n) is 5.25. The molecule has 0 unspecified atom stereocenters. The molecule has 1 aromatic carbocycles. The van der Waals surface area contributed by atoms with Crippen LogP contribution in [-0.4, -0.2) is 15.5 Å². The van der Waals surface area contributed by atoms with Gasteiger partial charge in [-0.15, -0.1) is 0 Å². The second-order valence-corrected chi connectivity index (χ2v) is 5.25. The molecule has 2 aromatic heterocycles. The minimum absolute atomic E-state index is 0.0809. The van der Waals surface area contributed by atoms with Crippen LogP contribution in [0.2, 0.25) is 0 Å². The van der Waals surface area contributed by atoms with E-state index in [0.29, 0.717) is 22.3 Å². The van der Waals surface area contributed by atoms with Gasteiger partial charge >= 0.3 is 0 Å². The summed E-state index contributed by atoms with van der Waals surface area (Å²) in [5.74, 6) is -0.169. The van der Waals surface area contributed by atoms with Crippen LogP contribution in [-0.2, 0) is 0 Å². The highest BCUT2D eigenvalue weighted by atomic mass is 16.2. The molecule has 1 N–H and O–H groups in total. The van der Waals surface area contributed by atoms with E-state index in [1.54, 1.807) is 18.3 Å². The Labute approximate surface area is 114 Å². The van der Waals surface area contributed by atoms with Gasteiger partial charge in [0, 0.05) is 11.6 Å². The fraction of sp³-hybridized carbons (Fsp3) is 0.125. The highest BCUT2D eigenvalue weighted by molar-refractivity contribution is 6.09. The lowest BCUT2D eigenvalue weighted by molar-refractivity contribution is 0.0965. The number of aryl methyl sites for hydroxylation is 2. The lowest BCUT2D eigenvalue weighted by Gasteiger charge is -2.06. The Morgan fingerprint density at radius 3 is 2.65 bits per heavy atom. The van der Waals surface area contributed by atoms with Crippen LogP contribution in [0.4, 0.5) is 0 Å². The number of carbonyl (C=O) groups excluding carboxylic acids is 1. The molecule has 4 heteroatoms. The molecule has 3 aromatic rings. The first-order chi connectivity index (χ1) is 9.58. The lowest BCUT2D eigenvalue weighted by Crippen LogP contribution is -2.11. The summed E-state index contributed by atoms with van der Waals surface area (Å²) in [5.41, 5.74) is 4.35. The van der Waals surface area contributed by atoms with Gasteiger partial charge in [-0.05, 0) is 49.2 Å². The first kappa shape index (κ1) is 11.2. The van der Waals surface area contributed by atoms with E-state index < -0.39 is 0 Å². The molecule has 0 bridgehead atoms. The van der Waals surface area contributed by atoms with Crippen molar-refractivity contribution in [2.75, 3.05) is 0 Å². The van der Waals surface area contributed by atoms with Crippen LogP contribution in [0.1, 0.15) is 21.6 Å². The summed E-state index contributed by atoms with van der Waals surface area (Å²) >= 11 is 0. The Balaban J connectivity index is 2.21. The Morgan fingerprint density at radius 2 is 1.85 bits per heavy atom. The van der Waals surface area contributed by atoms with Crippen LogP contribution in [0.25, 0.3) is 22.2 Å². The van der Waals surface area contributed by atoms with Crippen LogP contribution < -0.4 is 5.43 Å². The van der Waals surface area contributed by atoms with E-state index in [4.69, 9.17) is 0 Å². The van der Waals surface area contributed by atoms with Crippen LogP contribution >= 0.6 is 0 Å². The third-order valence-corrected chi connectivity index (χ3v) is 4.05. The normalized spacial score (nSPS) is 12.8. The van der Waals surface area contributed by atoms with E-state index in [9.17, 15) is 9.59 Å². The molecule has 4 nitrogen and oxygen atoms in total. The lowest BCUT2D eigenvalue weighted by atomic mass is 10.0. The maximum atomic E-state index is 12.7. The number of aromatic nitrogens is 2. The molecule has 0 aliphatic carbocycles. The molecule has 4 rings (SSSR count). The number of rotatable bonds is 0. The van der Waals surface area contributed by atoms with Crippen molar-refractivity contribution in [1.82, 2.24) is 9.55 Å². The van der Waals surface area contributed by atoms with Crippen molar-refractivity contribution in [1.29, 1.82) is 0 Å². The quantitative estimate of drug-likeness (QED) is 0.531. The van der Waals surface area contributed by atoms with E-state index in [-0.39, 0.29) is 11.3 Å². The number of aromatic amines is 1. The van der Waals surface area contributed by atoms with Gasteiger partial charge in [0.25, 0.3) is 5.91 Å². The topological polar surface area (TPSA) is 54.9 Å². The van der Waals surface area contributed by atoms with Gasteiger partial charge in [0.1, 0.15) is 5.69 Å². The largest absolute Gasteiger partial charge is 0.350 e. The van der Waals surface area contributed by atoms with Gasteiger partial charge in [0.2, 0.25) is 0 Å². The molecule has 1 aliphatic heterocycles. The van der Waals surface area contributed by atoms with Crippen molar-refractivity contribution in [3.63, 3.8) is 0 Å². The fourth-order valence-electron chi connectivity index (χ4n) is 2.84. The van der Waals surface area contributed by atoms with Crippen LogP contribution in [0.5, 0.6) is 0 Å². The van der Waals surface area contributed by atoms with Gasteiger partial charge < -0.3 is 4.98 Å². The van der Waals surface area contributed by atoms with E-state index in [1.807, 2.05) is 26.0 Å². The van der Waals surface area contributed by atoms with Crippen LogP contribution in [0.3, 0.4) is 0 Å². The SMILES string of the molecule is Cc1cc2[nH]c3c(c(=O)c2cc1C)-c1cccn1C3=O. The van der Waals surface area contributed by atoms with Crippen LogP contribution in [0.15, 0.2) is 35.3 Å². The highest BCUT2D eigenvalue weighted by Gasteiger charge is 2.30. The molecule has 98 valence electrons.